The molecule has 0 saturated heterocycles. The number of benzene rings is 2. The Morgan fingerprint density at radius 2 is 1.67 bits per heavy atom. The first-order chi connectivity index (χ1) is 10.2. The molecule has 2 rings (SSSR count). The molecule has 0 spiro atoms. The lowest BCUT2D eigenvalue weighted by atomic mass is 10.1. The quantitative estimate of drug-likeness (QED) is 0.678. The van der Waals surface area contributed by atoms with Crippen molar-refractivity contribution in [2.75, 3.05) is 0 Å². The summed E-state index contributed by atoms with van der Waals surface area (Å²) in [5.74, 6) is -0.341. The van der Waals surface area contributed by atoms with Gasteiger partial charge in [-0.3, -0.25) is 9.59 Å². The second-order valence-corrected chi connectivity index (χ2v) is 4.49. The van der Waals surface area contributed by atoms with Crippen molar-refractivity contribution < 1.29 is 14.3 Å². The van der Waals surface area contributed by atoms with Gasteiger partial charge in [-0.15, -0.1) is 0 Å². The highest BCUT2D eigenvalue weighted by Gasteiger charge is 2.13. The number of nitrogens with one attached hydrogen (secondary N) is 1. The van der Waals surface area contributed by atoms with Gasteiger partial charge in [0.05, 0.1) is 5.56 Å². The first kappa shape index (κ1) is 14.8. The largest absolute Gasteiger partial charge is 0.426 e. The molecule has 108 valence electrons. The van der Waals surface area contributed by atoms with Gasteiger partial charge in [-0.1, -0.05) is 49.4 Å². The van der Waals surface area contributed by atoms with Crippen molar-refractivity contribution in [1.29, 1.82) is 0 Å². The fraction of sp³-hybridized carbons (Fsp3) is 0.176. The van der Waals surface area contributed by atoms with E-state index in [4.69, 9.17) is 4.74 Å². The smallest absolute Gasteiger partial charge is 0.310 e. The molecule has 0 aliphatic heterocycles. The van der Waals surface area contributed by atoms with Crippen LogP contribution in [-0.2, 0) is 11.3 Å². The molecule has 0 unspecified atom stereocenters. The number of ether oxygens (including phenoxy) is 1. The van der Waals surface area contributed by atoms with Gasteiger partial charge in [-0.05, 0) is 17.7 Å². The molecule has 0 aromatic heterocycles. The molecule has 0 aliphatic carbocycles. The van der Waals surface area contributed by atoms with Gasteiger partial charge in [0.2, 0.25) is 0 Å². The third-order valence-corrected chi connectivity index (χ3v) is 2.94. The van der Waals surface area contributed by atoms with Gasteiger partial charge in [-0.2, -0.15) is 0 Å². The molecule has 1 N–H and O–H groups in total. The van der Waals surface area contributed by atoms with E-state index >= 15 is 0 Å². The number of esters is 1. The number of para-hydroxylation sites is 1. The normalized spacial score (nSPS) is 9.95. The summed E-state index contributed by atoms with van der Waals surface area (Å²) in [6.07, 6.45) is 0.264. The average molecular weight is 283 g/mol. The third-order valence-electron chi connectivity index (χ3n) is 2.94. The monoisotopic (exact) mass is 283 g/mol. The Labute approximate surface area is 123 Å². The summed E-state index contributed by atoms with van der Waals surface area (Å²) in [6, 6.07) is 16.3. The summed E-state index contributed by atoms with van der Waals surface area (Å²) < 4.78 is 5.17. The van der Waals surface area contributed by atoms with Crippen LogP contribution in [-0.4, -0.2) is 11.9 Å². The topological polar surface area (TPSA) is 55.4 Å². The van der Waals surface area contributed by atoms with Gasteiger partial charge in [0.15, 0.2) is 0 Å². The first-order valence-corrected chi connectivity index (χ1v) is 6.82. The standard InChI is InChI=1S/C17H17NO3/c1-2-16(19)21-15-11-7-6-10-14(15)17(20)18-12-13-8-4-3-5-9-13/h3-11H,2,12H2,1H3,(H,18,20). The second kappa shape index (κ2) is 7.24. The maximum absolute atomic E-state index is 12.2. The van der Waals surface area contributed by atoms with Gasteiger partial charge in [0, 0.05) is 13.0 Å². The van der Waals surface area contributed by atoms with E-state index in [0.29, 0.717) is 12.1 Å². The van der Waals surface area contributed by atoms with Crippen LogP contribution in [0.3, 0.4) is 0 Å². The van der Waals surface area contributed by atoms with Crippen molar-refractivity contribution in [3.8, 4) is 5.75 Å². The lowest BCUT2D eigenvalue weighted by Gasteiger charge is -2.10. The van der Waals surface area contributed by atoms with Crippen LogP contribution in [0.1, 0.15) is 29.3 Å². The number of hydrogen-bond acceptors (Lipinski definition) is 3. The summed E-state index contributed by atoms with van der Waals surface area (Å²) in [6.45, 7) is 2.14. The van der Waals surface area contributed by atoms with Gasteiger partial charge >= 0.3 is 5.97 Å². The Hall–Kier alpha value is -2.62. The van der Waals surface area contributed by atoms with E-state index < -0.39 is 0 Å². The Kier molecular flexibility index (Phi) is 5.10. The summed E-state index contributed by atoms with van der Waals surface area (Å²) in [4.78, 5) is 23.6. The summed E-state index contributed by atoms with van der Waals surface area (Å²) in [7, 11) is 0. The van der Waals surface area contributed by atoms with E-state index in [1.54, 1.807) is 31.2 Å². The zero-order chi connectivity index (χ0) is 15.1. The predicted octanol–water partition coefficient (Wildman–Crippen LogP) is 2.93. The molecule has 0 radical (unpaired) electrons. The number of amides is 1. The minimum atomic E-state index is -0.363. The van der Waals surface area contributed by atoms with E-state index in [1.165, 1.54) is 0 Å². The number of carbonyl (C=O) groups is 2. The maximum atomic E-state index is 12.2. The molecule has 0 atom stereocenters. The van der Waals surface area contributed by atoms with E-state index in [-0.39, 0.29) is 24.0 Å². The Morgan fingerprint density at radius 1 is 1.00 bits per heavy atom. The van der Waals surface area contributed by atoms with Crippen LogP contribution in [0.5, 0.6) is 5.75 Å². The molecule has 0 heterocycles. The van der Waals surface area contributed by atoms with Crippen LogP contribution in [0.25, 0.3) is 0 Å². The van der Waals surface area contributed by atoms with Crippen LogP contribution in [0.15, 0.2) is 54.6 Å². The number of rotatable bonds is 5. The molecule has 21 heavy (non-hydrogen) atoms. The lowest BCUT2D eigenvalue weighted by molar-refractivity contribution is -0.134. The highest BCUT2D eigenvalue weighted by molar-refractivity contribution is 5.97. The molecule has 2 aromatic carbocycles. The molecule has 1 amide bonds. The van der Waals surface area contributed by atoms with Gasteiger partial charge in [-0.25, -0.2) is 0 Å². The fourth-order valence-electron chi connectivity index (χ4n) is 1.81. The van der Waals surface area contributed by atoms with Crippen molar-refractivity contribution >= 4 is 11.9 Å². The molecule has 4 nitrogen and oxygen atoms in total. The van der Waals surface area contributed by atoms with Crippen molar-refractivity contribution in [3.05, 3.63) is 65.7 Å². The minimum Gasteiger partial charge on any atom is -0.426 e. The molecular weight excluding hydrogens is 266 g/mol. The van der Waals surface area contributed by atoms with E-state index in [1.807, 2.05) is 30.3 Å². The highest BCUT2D eigenvalue weighted by atomic mass is 16.5. The summed E-state index contributed by atoms with van der Waals surface area (Å²) in [5, 5.41) is 2.82. The van der Waals surface area contributed by atoms with Crippen LogP contribution in [0, 0.1) is 0 Å². The number of hydrogen-bond donors (Lipinski definition) is 1. The molecule has 0 saturated carbocycles. The van der Waals surface area contributed by atoms with Crippen molar-refractivity contribution in [2.45, 2.75) is 19.9 Å². The van der Waals surface area contributed by atoms with Crippen LogP contribution in [0.2, 0.25) is 0 Å². The molecule has 4 heteroatoms. The third kappa shape index (κ3) is 4.18. The van der Waals surface area contributed by atoms with Crippen molar-refractivity contribution in [1.82, 2.24) is 5.32 Å². The van der Waals surface area contributed by atoms with E-state index in [2.05, 4.69) is 5.32 Å². The van der Waals surface area contributed by atoms with E-state index in [0.717, 1.165) is 5.56 Å². The SMILES string of the molecule is CCC(=O)Oc1ccccc1C(=O)NCc1ccccc1. The van der Waals surface area contributed by atoms with Crippen LogP contribution >= 0.6 is 0 Å². The van der Waals surface area contributed by atoms with Crippen LogP contribution < -0.4 is 10.1 Å². The van der Waals surface area contributed by atoms with Crippen LogP contribution in [0.4, 0.5) is 0 Å². The van der Waals surface area contributed by atoms with E-state index in [9.17, 15) is 9.59 Å². The molecule has 0 aliphatic rings. The lowest BCUT2D eigenvalue weighted by Crippen LogP contribution is -2.24. The molecular formula is C17H17NO3. The van der Waals surface area contributed by atoms with Gasteiger partial charge in [0.25, 0.3) is 5.91 Å². The Morgan fingerprint density at radius 3 is 2.38 bits per heavy atom. The maximum Gasteiger partial charge on any atom is 0.310 e. The molecule has 0 bridgehead atoms. The fourth-order valence-corrected chi connectivity index (χ4v) is 1.81. The minimum absolute atomic E-state index is 0.264. The Bertz CT molecular complexity index is 623. The second-order valence-electron chi connectivity index (χ2n) is 4.49. The number of carbonyl (C=O) groups excluding carboxylic acids is 2. The van der Waals surface area contributed by atoms with Gasteiger partial charge in [0.1, 0.15) is 5.75 Å². The first-order valence-electron chi connectivity index (χ1n) is 6.82. The Balaban J connectivity index is 2.07. The molecule has 2 aromatic rings. The zero-order valence-electron chi connectivity index (χ0n) is 11.8. The zero-order valence-corrected chi connectivity index (χ0v) is 11.8. The summed E-state index contributed by atoms with van der Waals surface area (Å²) in [5.41, 5.74) is 1.36. The molecule has 0 fully saturated rings. The highest BCUT2D eigenvalue weighted by Crippen LogP contribution is 2.18. The average Bonchev–Trinajstić information content (AvgIpc) is 2.54. The van der Waals surface area contributed by atoms with Crippen molar-refractivity contribution in [3.63, 3.8) is 0 Å². The predicted molar refractivity (Wildman–Crippen MR) is 80.0 cm³/mol. The summed E-state index contributed by atoms with van der Waals surface area (Å²) >= 11 is 0. The van der Waals surface area contributed by atoms with Gasteiger partial charge < -0.3 is 10.1 Å². The van der Waals surface area contributed by atoms with Crippen molar-refractivity contribution in [2.24, 2.45) is 0 Å².